The van der Waals surface area contributed by atoms with Crippen LogP contribution in [0.5, 0.6) is 0 Å². The van der Waals surface area contributed by atoms with E-state index in [9.17, 15) is 9.59 Å². The van der Waals surface area contributed by atoms with Gasteiger partial charge in [0.25, 0.3) is 0 Å². The molecule has 1 aliphatic rings. The molecule has 0 radical (unpaired) electrons. The van der Waals surface area contributed by atoms with Gasteiger partial charge in [-0.3, -0.25) is 4.79 Å². The lowest BCUT2D eigenvalue weighted by Crippen LogP contribution is -2.28. The van der Waals surface area contributed by atoms with Gasteiger partial charge in [-0.2, -0.15) is 0 Å². The van der Waals surface area contributed by atoms with E-state index in [-0.39, 0.29) is 18.0 Å². The summed E-state index contributed by atoms with van der Waals surface area (Å²) >= 11 is 3.19. The van der Waals surface area contributed by atoms with Gasteiger partial charge in [0.2, 0.25) is 5.91 Å². The Kier molecular flexibility index (Phi) is 2.36. The van der Waals surface area contributed by atoms with Crippen LogP contribution in [0.4, 0.5) is 11.4 Å². The van der Waals surface area contributed by atoms with Crippen molar-refractivity contribution in [3.8, 4) is 0 Å². The third kappa shape index (κ3) is 1.80. The van der Waals surface area contributed by atoms with Crippen LogP contribution in [0.2, 0.25) is 0 Å². The van der Waals surface area contributed by atoms with Crippen LogP contribution >= 0.6 is 15.9 Å². The fourth-order valence-corrected chi connectivity index (χ4v) is 1.89. The van der Waals surface area contributed by atoms with Crippen LogP contribution in [0.15, 0.2) is 16.6 Å². The van der Waals surface area contributed by atoms with Crippen molar-refractivity contribution in [1.82, 2.24) is 0 Å². The third-order valence-corrected chi connectivity index (χ3v) is 2.49. The Morgan fingerprint density at radius 3 is 2.87 bits per heavy atom. The minimum Gasteiger partial charge on any atom is -0.478 e. The molecule has 0 atom stereocenters. The molecule has 5 nitrogen and oxygen atoms in total. The molecule has 0 bridgehead atoms. The van der Waals surface area contributed by atoms with Crippen LogP contribution in [0.1, 0.15) is 10.4 Å². The minimum absolute atomic E-state index is 0.0922. The summed E-state index contributed by atoms with van der Waals surface area (Å²) in [6.45, 7) is 0.0922. The van der Waals surface area contributed by atoms with E-state index in [1.165, 1.54) is 6.07 Å². The first-order chi connectivity index (χ1) is 7.08. The molecule has 0 aliphatic carbocycles. The summed E-state index contributed by atoms with van der Waals surface area (Å²) in [5, 5.41) is 14.3. The molecule has 0 saturated heterocycles. The standard InChI is InChI=1S/C9H7BrN2O3/c10-4-1-5(9(14)15)8-6(2-4)12-7(13)3-11-8/h1-2,11H,3H2,(H,12,13)(H,14,15). The molecule has 0 aromatic heterocycles. The first-order valence-electron chi connectivity index (χ1n) is 4.18. The molecule has 0 spiro atoms. The number of nitrogens with one attached hydrogen (secondary N) is 2. The fourth-order valence-electron chi connectivity index (χ4n) is 1.43. The fraction of sp³-hybridized carbons (Fsp3) is 0.111. The van der Waals surface area contributed by atoms with E-state index in [0.717, 1.165) is 0 Å². The van der Waals surface area contributed by atoms with Gasteiger partial charge in [-0.05, 0) is 12.1 Å². The summed E-state index contributed by atoms with van der Waals surface area (Å²) in [5.74, 6) is -1.21. The number of benzene rings is 1. The quantitative estimate of drug-likeness (QED) is 0.723. The SMILES string of the molecule is O=C1CNc2c(cc(Br)cc2C(=O)O)N1. The molecule has 3 N–H and O–H groups in total. The van der Waals surface area contributed by atoms with E-state index < -0.39 is 5.97 Å². The topological polar surface area (TPSA) is 78.4 Å². The Bertz CT molecular complexity index is 459. The zero-order chi connectivity index (χ0) is 11.0. The highest BCUT2D eigenvalue weighted by Gasteiger charge is 2.21. The van der Waals surface area contributed by atoms with Gasteiger partial charge in [-0.15, -0.1) is 0 Å². The van der Waals surface area contributed by atoms with Crippen LogP contribution < -0.4 is 10.6 Å². The van der Waals surface area contributed by atoms with E-state index in [0.29, 0.717) is 15.8 Å². The number of rotatable bonds is 1. The Morgan fingerprint density at radius 2 is 2.20 bits per heavy atom. The summed E-state index contributed by atoms with van der Waals surface area (Å²) in [7, 11) is 0. The van der Waals surface area contributed by atoms with Gasteiger partial charge < -0.3 is 15.7 Å². The molecular weight excluding hydrogens is 264 g/mol. The monoisotopic (exact) mass is 270 g/mol. The predicted molar refractivity (Wildman–Crippen MR) is 58.2 cm³/mol. The maximum absolute atomic E-state index is 11.1. The second kappa shape index (κ2) is 3.54. The third-order valence-electron chi connectivity index (χ3n) is 2.03. The van der Waals surface area contributed by atoms with E-state index in [1.807, 2.05) is 0 Å². The Hall–Kier alpha value is -1.56. The summed E-state index contributed by atoms with van der Waals surface area (Å²) in [6.07, 6.45) is 0. The largest absolute Gasteiger partial charge is 0.478 e. The Labute approximate surface area is 93.6 Å². The van der Waals surface area contributed by atoms with Crippen molar-refractivity contribution in [3.05, 3.63) is 22.2 Å². The lowest BCUT2D eigenvalue weighted by atomic mass is 10.1. The van der Waals surface area contributed by atoms with Crippen molar-refractivity contribution in [2.24, 2.45) is 0 Å². The zero-order valence-corrected chi connectivity index (χ0v) is 9.09. The number of hydrogen-bond acceptors (Lipinski definition) is 3. The van der Waals surface area contributed by atoms with Crippen molar-refractivity contribution in [2.45, 2.75) is 0 Å². The number of fused-ring (bicyclic) bond motifs is 1. The molecular formula is C9H7BrN2O3. The van der Waals surface area contributed by atoms with E-state index >= 15 is 0 Å². The molecule has 1 aromatic carbocycles. The van der Waals surface area contributed by atoms with E-state index in [1.54, 1.807) is 6.07 Å². The maximum Gasteiger partial charge on any atom is 0.337 e. The number of carboxylic acid groups (broad SMARTS) is 1. The smallest absolute Gasteiger partial charge is 0.337 e. The first kappa shape index (κ1) is 9.97. The molecule has 1 heterocycles. The van der Waals surface area contributed by atoms with Crippen LogP contribution in [-0.2, 0) is 4.79 Å². The number of hydrogen-bond donors (Lipinski definition) is 3. The Balaban J connectivity index is 2.58. The van der Waals surface area contributed by atoms with Crippen LogP contribution in [-0.4, -0.2) is 23.5 Å². The number of aromatic carboxylic acids is 1. The van der Waals surface area contributed by atoms with Gasteiger partial charge in [0.15, 0.2) is 0 Å². The summed E-state index contributed by atoms with van der Waals surface area (Å²) in [6, 6.07) is 3.15. The number of carbonyl (C=O) groups excluding carboxylic acids is 1. The van der Waals surface area contributed by atoms with Gasteiger partial charge in [-0.25, -0.2) is 4.79 Å². The van der Waals surface area contributed by atoms with Crippen LogP contribution in [0.3, 0.4) is 0 Å². The van der Waals surface area contributed by atoms with E-state index in [2.05, 4.69) is 26.6 Å². The highest BCUT2D eigenvalue weighted by Crippen LogP contribution is 2.32. The highest BCUT2D eigenvalue weighted by atomic mass is 79.9. The van der Waals surface area contributed by atoms with E-state index in [4.69, 9.17) is 5.11 Å². The van der Waals surface area contributed by atoms with Crippen molar-refractivity contribution >= 4 is 39.2 Å². The van der Waals surface area contributed by atoms with Gasteiger partial charge >= 0.3 is 5.97 Å². The predicted octanol–water partition coefficient (Wildman–Crippen LogP) is 1.51. The molecule has 2 rings (SSSR count). The number of halogens is 1. The zero-order valence-electron chi connectivity index (χ0n) is 7.50. The number of anilines is 2. The molecule has 0 unspecified atom stereocenters. The van der Waals surface area contributed by atoms with Crippen molar-refractivity contribution in [3.63, 3.8) is 0 Å². The molecule has 1 aromatic rings. The molecule has 78 valence electrons. The lowest BCUT2D eigenvalue weighted by molar-refractivity contribution is -0.114. The van der Waals surface area contributed by atoms with Gasteiger partial charge in [0, 0.05) is 4.47 Å². The molecule has 1 amide bonds. The van der Waals surface area contributed by atoms with Gasteiger partial charge in [0.05, 0.1) is 23.5 Å². The molecule has 1 aliphatic heterocycles. The van der Waals surface area contributed by atoms with Crippen molar-refractivity contribution < 1.29 is 14.7 Å². The second-order valence-electron chi connectivity index (χ2n) is 3.08. The summed E-state index contributed by atoms with van der Waals surface area (Å²) in [5.41, 5.74) is 1.07. The van der Waals surface area contributed by atoms with Crippen molar-refractivity contribution in [1.29, 1.82) is 0 Å². The highest BCUT2D eigenvalue weighted by molar-refractivity contribution is 9.10. The average molecular weight is 271 g/mol. The number of amides is 1. The molecule has 0 saturated carbocycles. The summed E-state index contributed by atoms with van der Waals surface area (Å²) in [4.78, 5) is 22.0. The maximum atomic E-state index is 11.1. The molecule has 15 heavy (non-hydrogen) atoms. The van der Waals surface area contributed by atoms with Crippen LogP contribution in [0, 0.1) is 0 Å². The second-order valence-corrected chi connectivity index (χ2v) is 4.00. The summed E-state index contributed by atoms with van der Waals surface area (Å²) < 4.78 is 0.614. The number of carbonyl (C=O) groups is 2. The van der Waals surface area contributed by atoms with Gasteiger partial charge in [-0.1, -0.05) is 15.9 Å². The minimum atomic E-state index is -1.03. The molecule has 0 fully saturated rings. The van der Waals surface area contributed by atoms with Gasteiger partial charge in [0.1, 0.15) is 0 Å². The molecule has 6 heteroatoms. The Morgan fingerprint density at radius 1 is 1.47 bits per heavy atom. The lowest BCUT2D eigenvalue weighted by Gasteiger charge is -2.20. The normalized spacial score (nSPS) is 13.8. The van der Waals surface area contributed by atoms with Crippen LogP contribution in [0.25, 0.3) is 0 Å². The first-order valence-corrected chi connectivity index (χ1v) is 4.98. The van der Waals surface area contributed by atoms with Crippen molar-refractivity contribution in [2.75, 3.05) is 17.2 Å². The number of carboxylic acids is 1. The average Bonchev–Trinajstić information content (AvgIpc) is 2.15.